The Kier molecular flexibility index (Phi) is 3.78. The number of benzene rings is 3. The number of carbonyl (C=O) groups is 2. The highest BCUT2D eigenvalue weighted by Gasteiger charge is 2.21. The van der Waals surface area contributed by atoms with Crippen LogP contribution in [0.15, 0.2) is 66.7 Å². The van der Waals surface area contributed by atoms with E-state index in [1.54, 1.807) is 4.90 Å². The van der Waals surface area contributed by atoms with E-state index in [1.807, 2.05) is 48.5 Å². The summed E-state index contributed by atoms with van der Waals surface area (Å²) in [5.74, 6) is 0. The molecule has 3 aromatic carbocycles. The highest BCUT2D eigenvalue weighted by Crippen LogP contribution is 2.40. The van der Waals surface area contributed by atoms with Gasteiger partial charge in [-0.2, -0.15) is 0 Å². The second kappa shape index (κ2) is 6.24. The van der Waals surface area contributed by atoms with E-state index in [-0.39, 0.29) is 0 Å². The van der Waals surface area contributed by atoms with E-state index < -0.39 is 0 Å². The lowest BCUT2D eigenvalue weighted by molar-refractivity contribution is -0.107. The molecule has 0 saturated carbocycles. The largest absolute Gasteiger partial charge is 0.328 e. The molecule has 0 bridgehead atoms. The van der Waals surface area contributed by atoms with Crippen LogP contribution in [0.1, 0.15) is 5.56 Å². The van der Waals surface area contributed by atoms with E-state index in [0.29, 0.717) is 13.0 Å². The first-order valence-electron chi connectivity index (χ1n) is 8.05. The van der Waals surface area contributed by atoms with E-state index >= 15 is 0 Å². The van der Waals surface area contributed by atoms with Gasteiger partial charge in [-0.15, -0.1) is 0 Å². The van der Waals surface area contributed by atoms with E-state index in [1.165, 1.54) is 0 Å². The molecule has 4 heteroatoms. The van der Waals surface area contributed by atoms with Crippen LogP contribution < -0.4 is 10.2 Å². The number of hydrogen-bond acceptors (Lipinski definition) is 2. The molecule has 4 rings (SSSR count). The Labute approximate surface area is 145 Å². The smallest absolute Gasteiger partial charge is 0.214 e. The first-order chi connectivity index (χ1) is 12.3. The molecule has 0 aromatic heterocycles. The number of nitrogens with one attached hydrogen (secondary N) is 1. The summed E-state index contributed by atoms with van der Waals surface area (Å²) in [4.78, 5) is 24.1. The summed E-state index contributed by atoms with van der Waals surface area (Å²) in [5.41, 5.74) is 6.94. The molecule has 1 heterocycles. The van der Waals surface area contributed by atoms with Gasteiger partial charge in [0.1, 0.15) is 0 Å². The summed E-state index contributed by atoms with van der Waals surface area (Å²) in [6.45, 7) is 0.535. The lowest BCUT2D eigenvalue weighted by atomic mass is 9.90. The molecule has 4 nitrogen and oxygen atoms in total. The van der Waals surface area contributed by atoms with Crippen molar-refractivity contribution in [2.45, 2.75) is 6.54 Å². The summed E-state index contributed by atoms with van der Waals surface area (Å²) in [6, 6.07) is 21.8. The molecule has 0 radical (unpaired) electrons. The monoisotopic (exact) mass is 328 g/mol. The van der Waals surface area contributed by atoms with E-state index in [9.17, 15) is 9.59 Å². The van der Waals surface area contributed by atoms with Gasteiger partial charge in [0.25, 0.3) is 0 Å². The predicted molar refractivity (Wildman–Crippen MR) is 99.2 cm³/mol. The molecule has 0 spiro atoms. The lowest BCUT2D eigenvalue weighted by Gasteiger charge is -2.28. The van der Waals surface area contributed by atoms with Gasteiger partial charge >= 0.3 is 0 Å². The van der Waals surface area contributed by atoms with Crippen molar-refractivity contribution in [1.29, 1.82) is 0 Å². The molecule has 3 aromatic rings. The van der Waals surface area contributed by atoms with Crippen LogP contribution >= 0.6 is 0 Å². The number of anilines is 2. The quantitative estimate of drug-likeness (QED) is 0.734. The number of para-hydroxylation sites is 2. The number of hydrogen-bond donors (Lipinski definition) is 1. The fourth-order valence-electron chi connectivity index (χ4n) is 3.39. The maximum absolute atomic E-state index is 11.5. The van der Waals surface area contributed by atoms with Gasteiger partial charge in [-0.3, -0.25) is 9.59 Å². The maximum atomic E-state index is 11.5. The predicted octanol–water partition coefficient (Wildman–Crippen LogP) is 4.07. The minimum absolute atomic E-state index is 0.535. The van der Waals surface area contributed by atoms with Crippen molar-refractivity contribution in [3.8, 4) is 22.3 Å². The first-order valence-corrected chi connectivity index (χ1v) is 8.05. The molecule has 0 atom stereocenters. The second-order valence-electron chi connectivity index (χ2n) is 5.93. The molecule has 0 unspecified atom stereocenters. The number of rotatable bonds is 4. The molecular weight excluding hydrogens is 312 g/mol. The second-order valence-corrected chi connectivity index (χ2v) is 5.93. The van der Waals surface area contributed by atoms with Crippen LogP contribution in [0.4, 0.5) is 11.4 Å². The Hall–Kier alpha value is -3.40. The summed E-state index contributed by atoms with van der Waals surface area (Å²) in [6.07, 6.45) is 1.55. The molecular formula is C21H16N2O2. The van der Waals surface area contributed by atoms with E-state index in [0.717, 1.165) is 45.6 Å². The van der Waals surface area contributed by atoms with Gasteiger partial charge in [-0.1, -0.05) is 48.5 Å². The van der Waals surface area contributed by atoms with Gasteiger partial charge in [0, 0.05) is 16.8 Å². The highest BCUT2D eigenvalue weighted by molar-refractivity contribution is 5.93. The fraction of sp³-hybridized carbons (Fsp3) is 0.0476. The van der Waals surface area contributed by atoms with Crippen LogP contribution in [0.5, 0.6) is 0 Å². The third kappa shape index (κ3) is 2.58. The van der Waals surface area contributed by atoms with Gasteiger partial charge in [-0.25, -0.2) is 0 Å². The van der Waals surface area contributed by atoms with Crippen LogP contribution in [0.3, 0.4) is 0 Å². The van der Waals surface area contributed by atoms with Crippen molar-refractivity contribution in [2.75, 3.05) is 10.2 Å². The third-order valence-corrected chi connectivity index (χ3v) is 4.53. The average molecular weight is 328 g/mol. The molecule has 1 aliphatic rings. The van der Waals surface area contributed by atoms with Crippen LogP contribution in [-0.2, 0) is 16.1 Å². The van der Waals surface area contributed by atoms with E-state index in [4.69, 9.17) is 0 Å². The Morgan fingerprint density at radius 1 is 0.840 bits per heavy atom. The first kappa shape index (κ1) is 15.1. The molecule has 122 valence electrons. The van der Waals surface area contributed by atoms with Gasteiger partial charge < -0.3 is 10.2 Å². The number of carbonyl (C=O) groups excluding carboxylic acids is 2. The third-order valence-electron chi connectivity index (χ3n) is 4.53. The minimum Gasteiger partial charge on any atom is -0.328 e. The molecule has 25 heavy (non-hydrogen) atoms. The normalized spacial score (nSPS) is 12.1. The Morgan fingerprint density at radius 2 is 1.60 bits per heavy atom. The Morgan fingerprint density at radius 3 is 2.40 bits per heavy atom. The van der Waals surface area contributed by atoms with E-state index in [2.05, 4.69) is 23.5 Å². The summed E-state index contributed by atoms with van der Waals surface area (Å²) in [7, 11) is 0. The average Bonchev–Trinajstić information content (AvgIpc) is 2.67. The zero-order valence-electron chi connectivity index (χ0n) is 13.5. The van der Waals surface area contributed by atoms with Crippen LogP contribution in [0, 0.1) is 0 Å². The molecule has 0 fully saturated rings. The SMILES string of the molecule is O=CNc1ccccc1-c1ccc2c(c1)CN(C=O)c1ccccc1-2. The summed E-state index contributed by atoms with van der Waals surface area (Å²) < 4.78 is 0. The zero-order chi connectivity index (χ0) is 17.2. The topological polar surface area (TPSA) is 49.4 Å². The molecule has 0 saturated heterocycles. The lowest BCUT2D eigenvalue weighted by Crippen LogP contribution is -2.24. The zero-order valence-corrected chi connectivity index (χ0v) is 13.5. The molecule has 1 N–H and O–H groups in total. The van der Waals surface area contributed by atoms with Crippen molar-refractivity contribution >= 4 is 24.2 Å². The van der Waals surface area contributed by atoms with Crippen molar-refractivity contribution in [2.24, 2.45) is 0 Å². The number of amides is 2. The van der Waals surface area contributed by atoms with Crippen molar-refractivity contribution in [3.05, 3.63) is 72.3 Å². The maximum Gasteiger partial charge on any atom is 0.214 e. The van der Waals surface area contributed by atoms with Gasteiger partial charge in [-0.05, 0) is 34.9 Å². The van der Waals surface area contributed by atoms with Crippen LogP contribution in [0.2, 0.25) is 0 Å². The molecule has 2 amide bonds. The number of nitrogens with zero attached hydrogens (tertiary/aromatic N) is 1. The standard InChI is InChI=1S/C21H16N2O2/c24-13-22-20-7-3-1-5-18(20)15-9-10-17-16(11-15)12-23(14-25)21-8-4-2-6-19(17)21/h1-11,13-14H,12H2,(H,22,24). The highest BCUT2D eigenvalue weighted by atomic mass is 16.1. The van der Waals surface area contributed by atoms with Crippen molar-refractivity contribution < 1.29 is 9.59 Å². The van der Waals surface area contributed by atoms with Crippen LogP contribution in [-0.4, -0.2) is 12.8 Å². The van der Waals surface area contributed by atoms with Gasteiger partial charge in [0.15, 0.2) is 0 Å². The summed E-state index contributed by atoms with van der Waals surface area (Å²) in [5, 5.41) is 2.74. The van der Waals surface area contributed by atoms with Gasteiger partial charge in [0.05, 0.1) is 12.2 Å². The van der Waals surface area contributed by atoms with Crippen molar-refractivity contribution in [3.63, 3.8) is 0 Å². The number of fused-ring (bicyclic) bond motifs is 3. The summed E-state index contributed by atoms with van der Waals surface area (Å²) >= 11 is 0. The van der Waals surface area contributed by atoms with Crippen molar-refractivity contribution in [1.82, 2.24) is 0 Å². The van der Waals surface area contributed by atoms with Gasteiger partial charge in [0.2, 0.25) is 12.8 Å². The Balaban J connectivity index is 1.85. The minimum atomic E-state index is 0.535. The van der Waals surface area contributed by atoms with Crippen LogP contribution in [0.25, 0.3) is 22.3 Å². The molecule has 0 aliphatic carbocycles. The Bertz CT molecular complexity index is 966. The fourth-order valence-corrected chi connectivity index (χ4v) is 3.39. The molecule has 1 aliphatic heterocycles.